The van der Waals surface area contributed by atoms with Gasteiger partial charge in [0.1, 0.15) is 0 Å². The Morgan fingerprint density at radius 3 is 2.87 bits per heavy atom. The molecular weight excluding hydrogens is 188 g/mol. The standard InChI is InChI=1S/C12H22N2O/c1-2-14-7-3-4-10(9-14)8-13-12(15)11-5-6-11/h10-11H,2-9H2,1H3,(H,13,15)/t10-/m1/s1. The molecule has 0 spiro atoms. The van der Waals surface area contributed by atoms with Gasteiger partial charge in [0.05, 0.1) is 0 Å². The van der Waals surface area contributed by atoms with Crippen molar-refractivity contribution < 1.29 is 4.79 Å². The zero-order valence-electron chi connectivity index (χ0n) is 9.67. The first kappa shape index (κ1) is 10.9. The summed E-state index contributed by atoms with van der Waals surface area (Å²) < 4.78 is 0. The molecule has 1 aliphatic heterocycles. The van der Waals surface area contributed by atoms with Crippen LogP contribution in [0, 0.1) is 11.8 Å². The molecule has 0 aromatic carbocycles. The number of nitrogens with one attached hydrogen (secondary N) is 1. The summed E-state index contributed by atoms with van der Waals surface area (Å²) >= 11 is 0. The van der Waals surface area contributed by atoms with E-state index in [1.54, 1.807) is 0 Å². The van der Waals surface area contributed by atoms with Crippen molar-refractivity contribution in [2.75, 3.05) is 26.2 Å². The van der Waals surface area contributed by atoms with Crippen LogP contribution in [0.2, 0.25) is 0 Å². The predicted molar refractivity (Wildman–Crippen MR) is 60.6 cm³/mol. The van der Waals surface area contributed by atoms with Gasteiger partial charge in [0, 0.05) is 19.0 Å². The molecule has 2 aliphatic rings. The van der Waals surface area contributed by atoms with Gasteiger partial charge in [-0.05, 0) is 44.7 Å². The molecule has 2 rings (SSSR count). The van der Waals surface area contributed by atoms with Gasteiger partial charge < -0.3 is 10.2 Å². The molecule has 2 fully saturated rings. The maximum absolute atomic E-state index is 11.5. The molecular formula is C12H22N2O. The van der Waals surface area contributed by atoms with Crippen LogP contribution in [0.3, 0.4) is 0 Å². The Hall–Kier alpha value is -0.570. The van der Waals surface area contributed by atoms with Gasteiger partial charge >= 0.3 is 0 Å². The second-order valence-electron chi connectivity index (χ2n) is 4.92. The fourth-order valence-electron chi connectivity index (χ4n) is 2.34. The van der Waals surface area contributed by atoms with E-state index in [1.807, 2.05) is 0 Å². The Balaban J connectivity index is 1.67. The van der Waals surface area contributed by atoms with Crippen LogP contribution in [0.5, 0.6) is 0 Å². The molecule has 0 bridgehead atoms. The average Bonchev–Trinajstić information content (AvgIpc) is 3.10. The lowest BCUT2D eigenvalue weighted by Crippen LogP contribution is -2.41. The van der Waals surface area contributed by atoms with Crippen LogP contribution >= 0.6 is 0 Å². The van der Waals surface area contributed by atoms with Crippen molar-refractivity contribution in [2.24, 2.45) is 11.8 Å². The Kier molecular flexibility index (Phi) is 3.62. The Morgan fingerprint density at radius 2 is 2.20 bits per heavy atom. The molecule has 0 aromatic heterocycles. The van der Waals surface area contributed by atoms with Crippen LogP contribution < -0.4 is 5.32 Å². The van der Waals surface area contributed by atoms with Crippen LogP contribution in [0.1, 0.15) is 32.6 Å². The summed E-state index contributed by atoms with van der Waals surface area (Å²) in [7, 11) is 0. The van der Waals surface area contributed by atoms with E-state index in [0.29, 0.717) is 17.7 Å². The monoisotopic (exact) mass is 210 g/mol. The van der Waals surface area contributed by atoms with Gasteiger partial charge in [-0.2, -0.15) is 0 Å². The summed E-state index contributed by atoms with van der Waals surface area (Å²) in [5, 5.41) is 3.09. The minimum absolute atomic E-state index is 0.295. The molecule has 1 N–H and O–H groups in total. The average molecular weight is 210 g/mol. The lowest BCUT2D eigenvalue weighted by atomic mass is 9.98. The lowest BCUT2D eigenvalue weighted by molar-refractivity contribution is -0.122. The zero-order chi connectivity index (χ0) is 10.7. The van der Waals surface area contributed by atoms with Crippen molar-refractivity contribution in [1.82, 2.24) is 10.2 Å². The smallest absolute Gasteiger partial charge is 0.223 e. The van der Waals surface area contributed by atoms with Gasteiger partial charge in [-0.15, -0.1) is 0 Å². The highest BCUT2D eigenvalue weighted by molar-refractivity contribution is 5.80. The van der Waals surface area contributed by atoms with Crippen molar-refractivity contribution in [2.45, 2.75) is 32.6 Å². The normalized spacial score (nSPS) is 27.7. The van der Waals surface area contributed by atoms with Crippen LogP contribution in [0.15, 0.2) is 0 Å². The van der Waals surface area contributed by atoms with Gasteiger partial charge in [-0.3, -0.25) is 4.79 Å². The number of nitrogens with zero attached hydrogens (tertiary/aromatic N) is 1. The topological polar surface area (TPSA) is 32.3 Å². The summed E-state index contributed by atoms with van der Waals surface area (Å²) in [4.78, 5) is 14.0. The highest BCUT2D eigenvalue weighted by atomic mass is 16.2. The second kappa shape index (κ2) is 4.97. The molecule has 0 unspecified atom stereocenters. The Bertz CT molecular complexity index is 226. The van der Waals surface area contributed by atoms with Crippen molar-refractivity contribution in [3.63, 3.8) is 0 Å². The Morgan fingerprint density at radius 1 is 1.40 bits per heavy atom. The van der Waals surface area contributed by atoms with Crippen LogP contribution in [-0.4, -0.2) is 37.0 Å². The van der Waals surface area contributed by atoms with Crippen molar-refractivity contribution in [3.8, 4) is 0 Å². The molecule has 1 aliphatic carbocycles. The minimum Gasteiger partial charge on any atom is -0.356 e. The SMILES string of the molecule is CCN1CCC[C@H](CNC(=O)C2CC2)C1. The summed E-state index contributed by atoms with van der Waals surface area (Å²) in [6, 6.07) is 0. The van der Waals surface area contributed by atoms with Crippen LogP contribution in [0.4, 0.5) is 0 Å². The number of amides is 1. The van der Waals surface area contributed by atoms with Crippen LogP contribution in [-0.2, 0) is 4.79 Å². The highest BCUT2D eigenvalue weighted by Gasteiger charge is 2.30. The molecule has 0 radical (unpaired) electrons. The number of carbonyl (C=O) groups is 1. The third-order valence-corrected chi connectivity index (χ3v) is 3.56. The van der Waals surface area contributed by atoms with Crippen molar-refractivity contribution in [1.29, 1.82) is 0 Å². The number of piperidine rings is 1. The number of likely N-dealkylation sites (tertiary alicyclic amines) is 1. The number of rotatable bonds is 4. The largest absolute Gasteiger partial charge is 0.356 e. The van der Waals surface area contributed by atoms with Gasteiger partial charge in [0.25, 0.3) is 0 Å². The molecule has 1 amide bonds. The molecule has 1 saturated carbocycles. The summed E-state index contributed by atoms with van der Waals surface area (Å²) in [6.45, 7) is 6.66. The number of carbonyl (C=O) groups excluding carboxylic acids is 1. The second-order valence-corrected chi connectivity index (χ2v) is 4.92. The molecule has 1 atom stereocenters. The number of hydrogen-bond acceptors (Lipinski definition) is 2. The minimum atomic E-state index is 0.295. The fourth-order valence-corrected chi connectivity index (χ4v) is 2.34. The fraction of sp³-hybridized carbons (Fsp3) is 0.917. The van der Waals surface area contributed by atoms with Gasteiger partial charge in [-0.1, -0.05) is 6.92 Å². The molecule has 3 heteroatoms. The molecule has 15 heavy (non-hydrogen) atoms. The summed E-state index contributed by atoms with van der Waals surface area (Å²) in [6.07, 6.45) is 4.79. The van der Waals surface area contributed by atoms with E-state index in [9.17, 15) is 4.79 Å². The van der Waals surface area contributed by atoms with E-state index in [2.05, 4.69) is 17.1 Å². The van der Waals surface area contributed by atoms with Crippen molar-refractivity contribution in [3.05, 3.63) is 0 Å². The van der Waals surface area contributed by atoms with Gasteiger partial charge in [0.2, 0.25) is 5.91 Å². The zero-order valence-corrected chi connectivity index (χ0v) is 9.67. The quantitative estimate of drug-likeness (QED) is 0.757. The van der Waals surface area contributed by atoms with E-state index >= 15 is 0 Å². The number of hydrogen-bond donors (Lipinski definition) is 1. The van der Waals surface area contributed by atoms with Crippen LogP contribution in [0.25, 0.3) is 0 Å². The van der Waals surface area contributed by atoms with Crippen molar-refractivity contribution >= 4 is 5.91 Å². The third kappa shape index (κ3) is 3.20. The van der Waals surface area contributed by atoms with E-state index < -0.39 is 0 Å². The van der Waals surface area contributed by atoms with E-state index in [-0.39, 0.29) is 0 Å². The molecule has 1 saturated heterocycles. The van der Waals surface area contributed by atoms with Gasteiger partial charge in [-0.25, -0.2) is 0 Å². The lowest BCUT2D eigenvalue weighted by Gasteiger charge is -2.31. The maximum atomic E-state index is 11.5. The maximum Gasteiger partial charge on any atom is 0.223 e. The predicted octanol–water partition coefficient (Wildman–Crippen LogP) is 1.24. The van der Waals surface area contributed by atoms with E-state index in [4.69, 9.17) is 0 Å². The molecule has 86 valence electrons. The van der Waals surface area contributed by atoms with E-state index in [1.165, 1.54) is 25.9 Å². The van der Waals surface area contributed by atoms with E-state index in [0.717, 1.165) is 25.9 Å². The summed E-state index contributed by atoms with van der Waals surface area (Å²) in [5.74, 6) is 1.33. The highest BCUT2D eigenvalue weighted by Crippen LogP contribution is 2.28. The first-order valence-electron chi connectivity index (χ1n) is 6.29. The first-order valence-corrected chi connectivity index (χ1v) is 6.29. The molecule has 3 nitrogen and oxygen atoms in total. The summed E-state index contributed by atoms with van der Waals surface area (Å²) in [5.41, 5.74) is 0. The molecule has 1 heterocycles. The van der Waals surface area contributed by atoms with Gasteiger partial charge in [0.15, 0.2) is 0 Å². The first-order chi connectivity index (χ1) is 7.29. The third-order valence-electron chi connectivity index (χ3n) is 3.56. The molecule has 0 aromatic rings. The Labute approximate surface area is 92.2 Å².